The third-order valence-corrected chi connectivity index (χ3v) is 4.10. The van der Waals surface area contributed by atoms with E-state index in [4.69, 9.17) is 4.74 Å². The van der Waals surface area contributed by atoms with Crippen molar-refractivity contribution in [3.8, 4) is 5.75 Å². The van der Waals surface area contributed by atoms with E-state index in [0.717, 1.165) is 17.7 Å². The van der Waals surface area contributed by atoms with Crippen LogP contribution in [0.15, 0.2) is 18.2 Å². The van der Waals surface area contributed by atoms with E-state index in [1.165, 1.54) is 19.3 Å². The molecule has 0 bridgehead atoms. The molecule has 104 valence electrons. The number of nitrogens with one attached hydrogen (secondary N) is 1. The molecule has 3 nitrogen and oxygen atoms in total. The van der Waals surface area contributed by atoms with Gasteiger partial charge in [-0.2, -0.15) is 0 Å². The molecule has 0 spiro atoms. The summed E-state index contributed by atoms with van der Waals surface area (Å²) < 4.78 is 5.27. The fourth-order valence-electron chi connectivity index (χ4n) is 2.74. The Kier molecular flexibility index (Phi) is 4.46. The van der Waals surface area contributed by atoms with Gasteiger partial charge in [0.25, 0.3) is 5.91 Å². The fraction of sp³-hybridized carbons (Fsp3) is 0.562. The van der Waals surface area contributed by atoms with Crippen molar-refractivity contribution in [3.63, 3.8) is 0 Å². The first-order chi connectivity index (χ1) is 9.11. The molecule has 2 atom stereocenters. The topological polar surface area (TPSA) is 38.3 Å². The molecule has 1 amide bonds. The van der Waals surface area contributed by atoms with Gasteiger partial charge >= 0.3 is 0 Å². The van der Waals surface area contributed by atoms with Crippen molar-refractivity contribution in [2.75, 3.05) is 7.11 Å². The van der Waals surface area contributed by atoms with E-state index in [1.54, 1.807) is 7.11 Å². The lowest BCUT2D eigenvalue weighted by molar-refractivity contribution is 0.0910. The Morgan fingerprint density at radius 3 is 2.74 bits per heavy atom. The maximum Gasteiger partial charge on any atom is 0.251 e. The number of hydrogen-bond acceptors (Lipinski definition) is 2. The van der Waals surface area contributed by atoms with Gasteiger partial charge in [0.1, 0.15) is 5.75 Å². The van der Waals surface area contributed by atoms with E-state index in [-0.39, 0.29) is 5.91 Å². The average molecular weight is 261 g/mol. The number of amides is 1. The molecule has 1 aromatic carbocycles. The summed E-state index contributed by atoms with van der Waals surface area (Å²) in [6.45, 7) is 4.20. The van der Waals surface area contributed by atoms with Gasteiger partial charge in [-0.25, -0.2) is 0 Å². The van der Waals surface area contributed by atoms with Gasteiger partial charge in [-0.3, -0.25) is 4.79 Å². The van der Waals surface area contributed by atoms with E-state index < -0.39 is 0 Å². The molecule has 1 N–H and O–H groups in total. The maximum atomic E-state index is 12.3. The SMILES string of the molecule is COc1cc(C(=O)N[C@H]2CCCC[C@H]2C)ccc1C. The lowest BCUT2D eigenvalue weighted by atomic mass is 9.86. The van der Waals surface area contributed by atoms with Crippen LogP contribution in [-0.2, 0) is 0 Å². The first-order valence-corrected chi connectivity index (χ1v) is 7.07. The molecule has 0 aliphatic heterocycles. The van der Waals surface area contributed by atoms with Gasteiger partial charge in [-0.15, -0.1) is 0 Å². The van der Waals surface area contributed by atoms with Crippen LogP contribution in [-0.4, -0.2) is 19.1 Å². The van der Waals surface area contributed by atoms with Crippen molar-refractivity contribution >= 4 is 5.91 Å². The van der Waals surface area contributed by atoms with Crippen molar-refractivity contribution in [3.05, 3.63) is 29.3 Å². The maximum absolute atomic E-state index is 12.3. The molecular formula is C16H23NO2. The second-order valence-corrected chi connectivity index (χ2v) is 5.53. The number of benzene rings is 1. The average Bonchev–Trinajstić information content (AvgIpc) is 2.42. The zero-order valence-corrected chi connectivity index (χ0v) is 12.0. The highest BCUT2D eigenvalue weighted by Crippen LogP contribution is 2.24. The molecule has 0 saturated heterocycles. The van der Waals surface area contributed by atoms with Gasteiger partial charge in [0.05, 0.1) is 7.11 Å². The molecule has 0 aromatic heterocycles. The van der Waals surface area contributed by atoms with E-state index in [2.05, 4.69) is 12.2 Å². The van der Waals surface area contributed by atoms with Gasteiger partial charge in [-0.05, 0) is 43.4 Å². The van der Waals surface area contributed by atoms with Crippen LogP contribution >= 0.6 is 0 Å². The second kappa shape index (κ2) is 6.09. The Morgan fingerprint density at radius 1 is 1.32 bits per heavy atom. The highest BCUT2D eigenvalue weighted by molar-refractivity contribution is 5.94. The van der Waals surface area contributed by atoms with Crippen LogP contribution in [0.1, 0.15) is 48.5 Å². The number of carbonyl (C=O) groups excluding carboxylic acids is 1. The Morgan fingerprint density at radius 2 is 2.05 bits per heavy atom. The molecule has 0 unspecified atom stereocenters. The molecule has 0 radical (unpaired) electrons. The summed E-state index contributed by atoms with van der Waals surface area (Å²) in [6, 6.07) is 5.92. The van der Waals surface area contributed by atoms with Gasteiger partial charge in [-0.1, -0.05) is 25.8 Å². The van der Waals surface area contributed by atoms with Crippen molar-refractivity contribution in [1.29, 1.82) is 0 Å². The minimum Gasteiger partial charge on any atom is -0.496 e. The van der Waals surface area contributed by atoms with Crippen LogP contribution in [0, 0.1) is 12.8 Å². The normalized spacial score (nSPS) is 22.9. The summed E-state index contributed by atoms with van der Waals surface area (Å²) in [5.41, 5.74) is 1.73. The number of aryl methyl sites for hydroxylation is 1. The van der Waals surface area contributed by atoms with Crippen molar-refractivity contribution in [2.24, 2.45) is 5.92 Å². The molecule has 1 aromatic rings. The highest BCUT2D eigenvalue weighted by atomic mass is 16.5. The molecule has 1 aliphatic rings. The lowest BCUT2D eigenvalue weighted by Crippen LogP contribution is -2.41. The van der Waals surface area contributed by atoms with Gasteiger partial charge in [0, 0.05) is 11.6 Å². The number of rotatable bonds is 3. The number of hydrogen-bond donors (Lipinski definition) is 1. The molecule has 0 heterocycles. The van der Waals surface area contributed by atoms with E-state index in [0.29, 0.717) is 17.5 Å². The summed E-state index contributed by atoms with van der Waals surface area (Å²) in [6.07, 6.45) is 4.80. The van der Waals surface area contributed by atoms with Gasteiger partial charge in [0.15, 0.2) is 0 Å². The number of carbonyl (C=O) groups is 1. The van der Waals surface area contributed by atoms with E-state index in [1.807, 2.05) is 25.1 Å². The Hall–Kier alpha value is -1.51. The highest BCUT2D eigenvalue weighted by Gasteiger charge is 2.23. The largest absolute Gasteiger partial charge is 0.496 e. The molecule has 19 heavy (non-hydrogen) atoms. The van der Waals surface area contributed by atoms with Crippen molar-refractivity contribution in [1.82, 2.24) is 5.32 Å². The summed E-state index contributed by atoms with van der Waals surface area (Å²) >= 11 is 0. The van der Waals surface area contributed by atoms with Gasteiger partial charge in [0.2, 0.25) is 0 Å². The Balaban J connectivity index is 2.07. The lowest BCUT2D eigenvalue weighted by Gasteiger charge is -2.29. The number of ether oxygens (including phenoxy) is 1. The summed E-state index contributed by atoms with van der Waals surface area (Å²) in [7, 11) is 1.63. The van der Waals surface area contributed by atoms with Crippen LogP contribution in [0.4, 0.5) is 0 Å². The van der Waals surface area contributed by atoms with Crippen molar-refractivity contribution < 1.29 is 9.53 Å². The predicted octanol–water partition coefficient (Wildman–Crippen LogP) is 3.31. The zero-order chi connectivity index (χ0) is 13.8. The molecule has 1 saturated carbocycles. The van der Waals surface area contributed by atoms with Crippen LogP contribution < -0.4 is 10.1 Å². The third-order valence-electron chi connectivity index (χ3n) is 4.10. The number of methoxy groups -OCH3 is 1. The zero-order valence-electron chi connectivity index (χ0n) is 12.0. The minimum atomic E-state index is 0.0112. The van der Waals surface area contributed by atoms with E-state index in [9.17, 15) is 4.79 Å². The molecule has 3 heteroatoms. The molecule has 1 fully saturated rings. The Labute approximate surface area is 115 Å². The smallest absolute Gasteiger partial charge is 0.251 e. The standard InChI is InChI=1S/C16H23NO2/c1-11-6-4-5-7-14(11)17-16(18)13-9-8-12(2)15(10-13)19-3/h8-11,14H,4-7H2,1-3H3,(H,17,18)/t11-,14+/m1/s1. The first-order valence-electron chi connectivity index (χ1n) is 7.07. The van der Waals surface area contributed by atoms with Crippen LogP contribution in [0.25, 0.3) is 0 Å². The summed E-state index contributed by atoms with van der Waals surface area (Å²) in [5.74, 6) is 1.35. The van der Waals surface area contributed by atoms with Crippen LogP contribution in [0.3, 0.4) is 0 Å². The van der Waals surface area contributed by atoms with Crippen molar-refractivity contribution in [2.45, 2.75) is 45.6 Å². The minimum absolute atomic E-state index is 0.0112. The van der Waals surface area contributed by atoms with Gasteiger partial charge < -0.3 is 10.1 Å². The Bertz CT molecular complexity index is 456. The molecular weight excluding hydrogens is 238 g/mol. The molecule has 2 rings (SSSR count). The summed E-state index contributed by atoms with van der Waals surface area (Å²) in [4.78, 5) is 12.3. The summed E-state index contributed by atoms with van der Waals surface area (Å²) in [5, 5.41) is 3.16. The fourth-order valence-corrected chi connectivity index (χ4v) is 2.74. The van der Waals surface area contributed by atoms with Crippen LogP contribution in [0.5, 0.6) is 5.75 Å². The second-order valence-electron chi connectivity index (χ2n) is 5.53. The molecule has 1 aliphatic carbocycles. The predicted molar refractivity (Wildman–Crippen MR) is 76.6 cm³/mol. The third kappa shape index (κ3) is 3.28. The first kappa shape index (κ1) is 13.9. The monoisotopic (exact) mass is 261 g/mol. The van der Waals surface area contributed by atoms with Crippen LogP contribution in [0.2, 0.25) is 0 Å². The quantitative estimate of drug-likeness (QED) is 0.906. The van der Waals surface area contributed by atoms with E-state index >= 15 is 0 Å².